The summed E-state index contributed by atoms with van der Waals surface area (Å²) < 4.78 is 5.29. The molecular formula is C24H23Cl2N3O2. The Labute approximate surface area is 191 Å². The van der Waals surface area contributed by atoms with Crippen LogP contribution in [0.5, 0.6) is 5.75 Å². The molecule has 5 nitrogen and oxygen atoms in total. The van der Waals surface area contributed by atoms with Crippen LogP contribution in [0.25, 0.3) is 11.3 Å². The molecule has 160 valence electrons. The second kappa shape index (κ2) is 8.21. The Morgan fingerprint density at radius 2 is 1.81 bits per heavy atom. The zero-order chi connectivity index (χ0) is 21.5. The van der Waals surface area contributed by atoms with Gasteiger partial charge in [-0.1, -0.05) is 48.5 Å². The number of aromatic nitrogens is 2. The van der Waals surface area contributed by atoms with Crippen molar-refractivity contribution in [1.29, 1.82) is 0 Å². The standard InChI is InChI=1S/C24H23Cl2N3O2/c1-31-17-10-7-14(8-11-17)21-20-22(28-27-21)24(30)29(16-5-3-2-4-6-16)23(20)18-12-9-15(25)13-19(18)26/h7-13,16,23H,2-6H2,1H3,(H,27,28). The minimum Gasteiger partial charge on any atom is -0.497 e. The quantitative estimate of drug-likeness (QED) is 0.504. The fourth-order valence-corrected chi connectivity index (χ4v) is 5.41. The van der Waals surface area contributed by atoms with E-state index in [0.29, 0.717) is 15.7 Å². The highest BCUT2D eigenvalue weighted by molar-refractivity contribution is 6.35. The highest BCUT2D eigenvalue weighted by atomic mass is 35.5. The number of fused-ring (bicyclic) bond motifs is 1. The Kier molecular flexibility index (Phi) is 5.40. The second-order valence-corrected chi connectivity index (χ2v) is 9.01. The maximum absolute atomic E-state index is 13.6. The van der Waals surface area contributed by atoms with Crippen LogP contribution in [0, 0.1) is 0 Å². The minimum atomic E-state index is -0.300. The summed E-state index contributed by atoms with van der Waals surface area (Å²) in [5.41, 5.74) is 3.99. The number of H-pyrrole nitrogens is 1. The third-order valence-corrected chi connectivity index (χ3v) is 6.96. The number of aromatic amines is 1. The van der Waals surface area contributed by atoms with E-state index in [4.69, 9.17) is 27.9 Å². The van der Waals surface area contributed by atoms with E-state index in [-0.39, 0.29) is 18.0 Å². The molecule has 2 aromatic carbocycles. The normalized spacial score (nSPS) is 19.0. The van der Waals surface area contributed by atoms with Crippen molar-refractivity contribution in [2.75, 3.05) is 7.11 Å². The third kappa shape index (κ3) is 3.50. The van der Waals surface area contributed by atoms with Gasteiger partial charge in [0.1, 0.15) is 11.4 Å². The highest BCUT2D eigenvalue weighted by Crippen LogP contribution is 2.47. The molecule has 5 rings (SSSR count). The average Bonchev–Trinajstić information content (AvgIpc) is 3.34. The summed E-state index contributed by atoms with van der Waals surface area (Å²) in [6.45, 7) is 0. The predicted octanol–water partition coefficient (Wildman–Crippen LogP) is 6.27. The third-order valence-electron chi connectivity index (χ3n) is 6.39. The summed E-state index contributed by atoms with van der Waals surface area (Å²) in [5, 5.41) is 8.69. The second-order valence-electron chi connectivity index (χ2n) is 8.16. The molecule has 7 heteroatoms. The van der Waals surface area contributed by atoms with Gasteiger partial charge >= 0.3 is 0 Å². The van der Waals surface area contributed by atoms with Gasteiger partial charge in [-0.2, -0.15) is 5.10 Å². The molecule has 1 N–H and O–H groups in total. The van der Waals surface area contributed by atoms with E-state index in [1.807, 2.05) is 41.3 Å². The van der Waals surface area contributed by atoms with Crippen LogP contribution in [0.2, 0.25) is 10.0 Å². The first-order chi connectivity index (χ1) is 15.1. The summed E-state index contributed by atoms with van der Waals surface area (Å²) in [6.07, 6.45) is 5.49. The Hall–Kier alpha value is -2.50. The van der Waals surface area contributed by atoms with Crippen LogP contribution in [0.15, 0.2) is 42.5 Å². The lowest BCUT2D eigenvalue weighted by Crippen LogP contribution is -2.40. The van der Waals surface area contributed by atoms with E-state index in [9.17, 15) is 4.79 Å². The summed E-state index contributed by atoms with van der Waals surface area (Å²) in [6, 6.07) is 13.1. The van der Waals surface area contributed by atoms with E-state index in [1.165, 1.54) is 6.42 Å². The number of amides is 1. The molecule has 1 aromatic heterocycles. The van der Waals surface area contributed by atoms with Crippen LogP contribution >= 0.6 is 23.2 Å². The van der Waals surface area contributed by atoms with Gasteiger partial charge in [-0.05, 0) is 54.8 Å². The van der Waals surface area contributed by atoms with Gasteiger partial charge in [0.05, 0.1) is 18.8 Å². The van der Waals surface area contributed by atoms with Gasteiger partial charge in [-0.25, -0.2) is 0 Å². The molecule has 3 aromatic rings. The van der Waals surface area contributed by atoms with Crippen molar-refractivity contribution in [3.8, 4) is 17.0 Å². The molecule has 2 heterocycles. The molecule has 0 radical (unpaired) electrons. The number of nitrogens with one attached hydrogen (secondary N) is 1. The van der Waals surface area contributed by atoms with Crippen LogP contribution < -0.4 is 4.74 Å². The first-order valence-electron chi connectivity index (χ1n) is 10.6. The monoisotopic (exact) mass is 455 g/mol. The van der Waals surface area contributed by atoms with Gasteiger partial charge in [-0.15, -0.1) is 0 Å². The number of hydrogen-bond acceptors (Lipinski definition) is 3. The van der Waals surface area contributed by atoms with Gasteiger partial charge in [0.15, 0.2) is 0 Å². The molecule has 2 aliphatic rings. The number of rotatable bonds is 4. The molecule has 0 bridgehead atoms. The molecular weight excluding hydrogens is 433 g/mol. The summed E-state index contributed by atoms with van der Waals surface area (Å²) in [4.78, 5) is 15.6. The van der Waals surface area contributed by atoms with Crippen molar-refractivity contribution < 1.29 is 9.53 Å². The van der Waals surface area contributed by atoms with Gasteiger partial charge in [0, 0.05) is 27.2 Å². The van der Waals surface area contributed by atoms with Crippen molar-refractivity contribution in [1.82, 2.24) is 15.1 Å². The topological polar surface area (TPSA) is 58.2 Å². The lowest BCUT2D eigenvalue weighted by atomic mass is 9.91. The van der Waals surface area contributed by atoms with Crippen molar-refractivity contribution in [2.45, 2.75) is 44.2 Å². The number of nitrogens with zero attached hydrogens (tertiary/aromatic N) is 2. The molecule has 1 aliphatic heterocycles. The van der Waals surface area contributed by atoms with E-state index >= 15 is 0 Å². The van der Waals surface area contributed by atoms with E-state index in [0.717, 1.165) is 53.8 Å². The first-order valence-corrected chi connectivity index (χ1v) is 11.3. The molecule has 31 heavy (non-hydrogen) atoms. The number of carbonyl (C=O) groups excluding carboxylic acids is 1. The van der Waals surface area contributed by atoms with Crippen molar-refractivity contribution >= 4 is 29.1 Å². The van der Waals surface area contributed by atoms with E-state index < -0.39 is 0 Å². The van der Waals surface area contributed by atoms with Crippen LogP contribution in [-0.4, -0.2) is 34.2 Å². The lowest BCUT2D eigenvalue weighted by Gasteiger charge is -2.36. The van der Waals surface area contributed by atoms with Gasteiger partial charge < -0.3 is 9.64 Å². The van der Waals surface area contributed by atoms with E-state index in [2.05, 4.69) is 10.2 Å². The number of methoxy groups -OCH3 is 1. The van der Waals surface area contributed by atoms with E-state index in [1.54, 1.807) is 13.2 Å². The smallest absolute Gasteiger partial charge is 0.273 e. The zero-order valence-corrected chi connectivity index (χ0v) is 18.7. The van der Waals surface area contributed by atoms with Crippen molar-refractivity contribution in [3.63, 3.8) is 0 Å². The summed E-state index contributed by atoms with van der Waals surface area (Å²) >= 11 is 12.8. The van der Waals surface area contributed by atoms with Gasteiger partial charge in [0.2, 0.25) is 0 Å². The maximum Gasteiger partial charge on any atom is 0.273 e. The number of ether oxygens (including phenoxy) is 1. The molecule has 1 atom stereocenters. The number of benzene rings is 2. The fraction of sp³-hybridized carbons (Fsp3) is 0.333. The van der Waals surface area contributed by atoms with Crippen LogP contribution in [0.4, 0.5) is 0 Å². The Morgan fingerprint density at radius 1 is 1.06 bits per heavy atom. The summed E-state index contributed by atoms with van der Waals surface area (Å²) in [7, 11) is 1.64. The SMILES string of the molecule is COc1ccc(-c2n[nH]c3c2C(c2ccc(Cl)cc2Cl)N(C2CCCCC2)C3=O)cc1. The molecule has 1 amide bonds. The molecule has 1 saturated carbocycles. The average molecular weight is 456 g/mol. The Morgan fingerprint density at radius 3 is 2.48 bits per heavy atom. The molecule has 1 unspecified atom stereocenters. The summed E-state index contributed by atoms with van der Waals surface area (Å²) in [5.74, 6) is 0.762. The van der Waals surface area contributed by atoms with Gasteiger partial charge in [0.25, 0.3) is 5.91 Å². The van der Waals surface area contributed by atoms with Crippen LogP contribution in [0.1, 0.15) is 59.8 Å². The predicted molar refractivity (Wildman–Crippen MR) is 122 cm³/mol. The molecule has 1 fully saturated rings. The first kappa shape index (κ1) is 20.4. The highest BCUT2D eigenvalue weighted by Gasteiger charge is 2.46. The number of hydrogen-bond donors (Lipinski definition) is 1. The molecule has 0 saturated heterocycles. The van der Waals surface area contributed by atoms with Crippen molar-refractivity contribution in [2.24, 2.45) is 0 Å². The largest absolute Gasteiger partial charge is 0.497 e. The molecule has 0 spiro atoms. The maximum atomic E-state index is 13.6. The van der Waals surface area contributed by atoms with Crippen LogP contribution in [-0.2, 0) is 0 Å². The number of halogens is 2. The Bertz CT molecular complexity index is 1120. The van der Waals surface area contributed by atoms with Gasteiger partial charge in [-0.3, -0.25) is 9.89 Å². The zero-order valence-electron chi connectivity index (χ0n) is 17.2. The van der Waals surface area contributed by atoms with Crippen molar-refractivity contribution in [3.05, 3.63) is 69.3 Å². The lowest BCUT2D eigenvalue weighted by molar-refractivity contribution is 0.0606. The van der Waals surface area contributed by atoms with Crippen LogP contribution in [0.3, 0.4) is 0 Å². The molecule has 1 aliphatic carbocycles. The fourth-order valence-electron chi connectivity index (χ4n) is 4.90. The Balaban J connectivity index is 1.66. The minimum absolute atomic E-state index is 0.00909. The number of carbonyl (C=O) groups is 1.